The molecule has 0 aliphatic carbocycles. The summed E-state index contributed by atoms with van der Waals surface area (Å²) in [5.74, 6) is 0.778. The minimum atomic E-state index is -0.285. The van der Waals surface area contributed by atoms with Gasteiger partial charge in [0.15, 0.2) is 6.61 Å². The van der Waals surface area contributed by atoms with Crippen molar-refractivity contribution < 1.29 is 14.3 Å². The van der Waals surface area contributed by atoms with E-state index in [0.29, 0.717) is 27.9 Å². The lowest BCUT2D eigenvalue weighted by Crippen LogP contribution is -2.20. The van der Waals surface area contributed by atoms with Crippen LogP contribution in [-0.4, -0.2) is 19.6 Å². The molecule has 0 spiro atoms. The van der Waals surface area contributed by atoms with E-state index in [9.17, 15) is 4.79 Å². The highest BCUT2D eigenvalue weighted by atomic mass is 35.5. The fourth-order valence-electron chi connectivity index (χ4n) is 1.66. The molecule has 0 bridgehead atoms. The fraction of sp³-hybridized carbons (Fsp3) is 0.133. The summed E-state index contributed by atoms with van der Waals surface area (Å²) in [6.07, 6.45) is 0. The summed E-state index contributed by atoms with van der Waals surface area (Å²) in [5, 5.41) is 3.30. The monoisotopic (exact) mass is 306 g/mol. The quantitative estimate of drug-likeness (QED) is 0.833. The van der Waals surface area contributed by atoms with E-state index in [4.69, 9.17) is 26.8 Å². The molecule has 0 aliphatic heterocycles. The number of rotatable bonds is 5. The molecule has 0 unspecified atom stereocenters. The highest BCUT2D eigenvalue weighted by Gasteiger charge is 2.07. The Balaban J connectivity index is 1.90. The van der Waals surface area contributed by atoms with Gasteiger partial charge in [-0.05, 0) is 36.4 Å². The Labute approximate surface area is 127 Å². The van der Waals surface area contributed by atoms with Crippen LogP contribution in [-0.2, 0) is 4.79 Å². The second kappa shape index (κ2) is 6.85. The van der Waals surface area contributed by atoms with E-state index >= 15 is 0 Å². The Kier molecular flexibility index (Phi) is 4.90. The maximum atomic E-state index is 11.8. The van der Waals surface area contributed by atoms with E-state index in [0.717, 1.165) is 0 Å². The first kappa shape index (κ1) is 15.0. The smallest absolute Gasteiger partial charge is 0.262 e. The summed E-state index contributed by atoms with van der Waals surface area (Å²) >= 11 is 5.77. The number of nitrogens with one attached hydrogen (secondary N) is 1. The Morgan fingerprint density at radius 2 is 1.95 bits per heavy atom. The van der Waals surface area contributed by atoms with Crippen LogP contribution in [0.25, 0.3) is 0 Å². The lowest BCUT2D eigenvalue weighted by Gasteiger charge is -2.10. The molecule has 0 atom stereocenters. The minimum absolute atomic E-state index is 0.140. The number of hydrogen-bond acceptors (Lipinski definition) is 4. The highest BCUT2D eigenvalue weighted by Crippen LogP contribution is 2.26. The molecule has 2 rings (SSSR count). The Hall–Kier alpha value is -2.40. The number of hydrogen-bond donors (Lipinski definition) is 2. The van der Waals surface area contributed by atoms with Gasteiger partial charge in [-0.15, -0.1) is 0 Å². The first-order chi connectivity index (χ1) is 10.1. The number of carbonyl (C=O) groups excluding carboxylic acids is 1. The van der Waals surface area contributed by atoms with Crippen molar-refractivity contribution in [3.8, 4) is 11.5 Å². The van der Waals surface area contributed by atoms with Crippen LogP contribution in [0.15, 0.2) is 42.5 Å². The van der Waals surface area contributed by atoms with Crippen LogP contribution in [0, 0.1) is 0 Å². The number of benzene rings is 2. The summed E-state index contributed by atoms with van der Waals surface area (Å²) in [5.41, 5.74) is 6.86. The van der Waals surface area contributed by atoms with E-state index in [2.05, 4.69) is 5.32 Å². The van der Waals surface area contributed by atoms with Crippen LogP contribution < -0.4 is 20.5 Å². The first-order valence-electron chi connectivity index (χ1n) is 6.20. The third kappa shape index (κ3) is 4.29. The highest BCUT2D eigenvalue weighted by molar-refractivity contribution is 6.30. The van der Waals surface area contributed by atoms with E-state index in [-0.39, 0.29) is 12.5 Å². The molecule has 3 N–H and O–H groups in total. The zero-order chi connectivity index (χ0) is 15.2. The van der Waals surface area contributed by atoms with E-state index in [1.165, 1.54) is 0 Å². The Bertz CT molecular complexity index is 629. The van der Waals surface area contributed by atoms with Crippen molar-refractivity contribution in [3.05, 3.63) is 47.5 Å². The number of nitrogens with two attached hydrogens (primary N) is 1. The van der Waals surface area contributed by atoms with Gasteiger partial charge in [0.25, 0.3) is 5.91 Å². The number of ether oxygens (including phenoxy) is 2. The maximum Gasteiger partial charge on any atom is 0.262 e. The molecule has 0 aromatic heterocycles. The van der Waals surface area contributed by atoms with Crippen LogP contribution in [0.1, 0.15) is 0 Å². The second-order valence-corrected chi connectivity index (χ2v) is 4.68. The zero-order valence-electron chi connectivity index (χ0n) is 11.4. The van der Waals surface area contributed by atoms with Gasteiger partial charge in [-0.3, -0.25) is 4.79 Å². The van der Waals surface area contributed by atoms with Gasteiger partial charge in [0.1, 0.15) is 11.5 Å². The van der Waals surface area contributed by atoms with Crippen molar-refractivity contribution >= 4 is 28.9 Å². The molecule has 0 heterocycles. The van der Waals surface area contributed by atoms with E-state index < -0.39 is 0 Å². The Morgan fingerprint density at radius 1 is 1.24 bits per heavy atom. The summed E-state index contributed by atoms with van der Waals surface area (Å²) < 4.78 is 10.4. The summed E-state index contributed by atoms with van der Waals surface area (Å²) in [4.78, 5) is 11.8. The number of methoxy groups -OCH3 is 1. The molecule has 110 valence electrons. The van der Waals surface area contributed by atoms with E-state index in [1.807, 2.05) is 0 Å². The average Bonchev–Trinajstić information content (AvgIpc) is 2.48. The van der Waals surface area contributed by atoms with Crippen LogP contribution in [0.5, 0.6) is 11.5 Å². The zero-order valence-corrected chi connectivity index (χ0v) is 12.2. The average molecular weight is 307 g/mol. The number of nitrogen functional groups attached to an aromatic ring is 1. The number of amides is 1. The topological polar surface area (TPSA) is 73.6 Å². The van der Waals surface area contributed by atoms with Gasteiger partial charge < -0.3 is 20.5 Å². The van der Waals surface area contributed by atoms with Gasteiger partial charge >= 0.3 is 0 Å². The molecule has 2 aromatic carbocycles. The van der Waals surface area contributed by atoms with Crippen LogP contribution in [0.3, 0.4) is 0 Å². The molecule has 0 saturated heterocycles. The van der Waals surface area contributed by atoms with Gasteiger partial charge in [0.2, 0.25) is 0 Å². The summed E-state index contributed by atoms with van der Waals surface area (Å²) in [6, 6.07) is 11.8. The van der Waals surface area contributed by atoms with Gasteiger partial charge in [0.05, 0.1) is 12.8 Å². The van der Waals surface area contributed by atoms with Crippen LogP contribution >= 0.6 is 11.6 Å². The molecule has 6 heteroatoms. The third-order valence-corrected chi connectivity index (χ3v) is 2.96. The van der Waals surface area contributed by atoms with Crippen molar-refractivity contribution in [1.82, 2.24) is 0 Å². The van der Waals surface area contributed by atoms with Crippen molar-refractivity contribution in [2.24, 2.45) is 0 Å². The molecule has 0 fully saturated rings. The lowest BCUT2D eigenvalue weighted by atomic mass is 10.3. The maximum absolute atomic E-state index is 11.8. The molecular formula is C15H15ClN2O3. The molecule has 2 aromatic rings. The predicted molar refractivity (Wildman–Crippen MR) is 83.0 cm³/mol. The van der Waals surface area contributed by atoms with Crippen molar-refractivity contribution in [2.75, 3.05) is 24.8 Å². The van der Waals surface area contributed by atoms with Gasteiger partial charge in [0, 0.05) is 16.8 Å². The van der Waals surface area contributed by atoms with Gasteiger partial charge in [-0.2, -0.15) is 0 Å². The van der Waals surface area contributed by atoms with Gasteiger partial charge in [-0.1, -0.05) is 11.6 Å². The minimum Gasteiger partial charge on any atom is -0.497 e. The molecule has 21 heavy (non-hydrogen) atoms. The molecule has 1 amide bonds. The van der Waals surface area contributed by atoms with Crippen molar-refractivity contribution in [2.45, 2.75) is 0 Å². The van der Waals surface area contributed by atoms with Crippen LogP contribution in [0.2, 0.25) is 5.02 Å². The Morgan fingerprint density at radius 3 is 2.57 bits per heavy atom. The van der Waals surface area contributed by atoms with Crippen molar-refractivity contribution in [1.29, 1.82) is 0 Å². The molecular weight excluding hydrogens is 292 g/mol. The summed E-state index contributed by atoms with van der Waals surface area (Å²) in [6.45, 7) is -0.140. The first-order valence-corrected chi connectivity index (χ1v) is 6.58. The SMILES string of the molecule is COc1ccc(OCC(=O)Nc2ccc(Cl)cc2)c(N)c1. The molecule has 0 aliphatic rings. The third-order valence-electron chi connectivity index (χ3n) is 2.70. The lowest BCUT2D eigenvalue weighted by molar-refractivity contribution is -0.118. The fourth-order valence-corrected chi connectivity index (χ4v) is 1.78. The molecule has 0 saturated carbocycles. The van der Waals surface area contributed by atoms with Crippen LogP contribution in [0.4, 0.5) is 11.4 Å². The molecule has 0 radical (unpaired) electrons. The van der Waals surface area contributed by atoms with E-state index in [1.54, 1.807) is 49.6 Å². The summed E-state index contributed by atoms with van der Waals surface area (Å²) in [7, 11) is 1.55. The molecule has 5 nitrogen and oxygen atoms in total. The largest absolute Gasteiger partial charge is 0.497 e. The van der Waals surface area contributed by atoms with Gasteiger partial charge in [-0.25, -0.2) is 0 Å². The standard InChI is InChI=1S/C15H15ClN2O3/c1-20-12-6-7-14(13(17)8-12)21-9-15(19)18-11-4-2-10(16)3-5-11/h2-8H,9,17H2,1H3,(H,18,19). The van der Waals surface area contributed by atoms with Crippen molar-refractivity contribution in [3.63, 3.8) is 0 Å². The normalized spacial score (nSPS) is 10.0. The predicted octanol–water partition coefficient (Wildman–Crippen LogP) is 2.95. The number of anilines is 2. The second-order valence-electron chi connectivity index (χ2n) is 4.25. The number of halogens is 1. The number of carbonyl (C=O) groups is 1.